The second-order valence-electron chi connectivity index (χ2n) is 3.35. The first-order chi connectivity index (χ1) is 6.70. The fourth-order valence-electron chi connectivity index (χ4n) is 0.804. The molecule has 0 aliphatic heterocycles. The highest BCUT2D eigenvalue weighted by Crippen LogP contribution is 2.15. The number of rotatable bonds is 2. The van der Waals surface area contributed by atoms with E-state index in [2.05, 4.69) is 11.2 Å². The topological polar surface area (TPSA) is 20.2 Å². The third kappa shape index (κ3) is 3.87. The van der Waals surface area contributed by atoms with E-state index in [1.807, 2.05) is 44.2 Å². The summed E-state index contributed by atoms with van der Waals surface area (Å²) in [6, 6.07) is 9.93. The van der Waals surface area contributed by atoms with E-state index in [1.54, 1.807) is 0 Å². The molecule has 0 saturated heterocycles. The Morgan fingerprint density at radius 2 is 1.86 bits per heavy atom. The normalized spacial score (nSPS) is 12.0. The molecule has 1 aromatic rings. The van der Waals surface area contributed by atoms with Crippen LogP contribution < -0.4 is 0 Å². The number of benzene rings is 1. The fourth-order valence-corrected chi connectivity index (χ4v) is 1.39. The van der Waals surface area contributed by atoms with Crippen molar-refractivity contribution in [1.29, 1.82) is 0 Å². The van der Waals surface area contributed by atoms with Crippen LogP contribution in [0.2, 0.25) is 0 Å². The van der Waals surface area contributed by atoms with Gasteiger partial charge in [-0.2, -0.15) is 0 Å². The van der Waals surface area contributed by atoms with Crippen LogP contribution in [0.25, 0.3) is 0 Å². The summed E-state index contributed by atoms with van der Waals surface area (Å²) in [6.45, 7) is 3.90. The number of aliphatic hydroxyl groups excluding tert-OH is 1. The molecular formula is C12H14OS. The number of hydrogen-bond acceptors (Lipinski definition) is 2. The maximum atomic E-state index is 9.42. The predicted molar refractivity (Wildman–Crippen MR) is 60.9 cm³/mol. The second kappa shape index (κ2) is 5.74. The molecule has 0 aromatic heterocycles. The molecule has 2 heteroatoms. The van der Waals surface area contributed by atoms with E-state index in [4.69, 9.17) is 0 Å². The average molecular weight is 206 g/mol. The summed E-state index contributed by atoms with van der Waals surface area (Å²) in [5.41, 5.74) is 0. The molecule has 1 nitrogen and oxygen atoms in total. The van der Waals surface area contributed by atoms with Gasteiger partial charge < -0.3 is 5.11 Å². The Bertz CT molecular complexity index is 321. The van der Waals surface area contributed by atoms with Gasteiger partial charge in [-0.3, -0.25) is 0 Å². The van der Waals surface area contributed by atoms with Crippen LogP contribution in [0.3, 0.4) is 0 Å². The standard InChI is InChI=1S/C12H14OS/c1-10(2)12(13)8-9-14-11-6-4-3-5-7-11/h3-7,10,12-13H,1-2H3. The van der Waals surface area contributed by atoms with Crippen LogP contribution >= 0.6 is 11.8 Å². The predicted octanol–water partition coefficient (Wildman–Crippen LogP) is 2.76. The molecule has 0 aliphatic carbocycles. The van der Waals surface area contributed by atoms with Crippen LogP contribution in [-0.2, 0) is 0 Å². The molecule has 0 fully saturated rings. The Morgan fingerprint density at radius 3 is 2.43 bits per heavy atom. The lowest BCUT2D eigenvalue weighted by Gasteiger charge is -2.04. The molecule has 0 radical (unpaired) electrons. The molecule has 0 saturated carbocycles. The Kier molecular flexibility index (Phi) is 4.58. The van der Waals surface area contributed by atoms with Gasteiger partial charge in [-0.25, -0.2) is 0 Å². The van der Waals surface area contributed by atoms with Crippen molar-refractivity contribution in [3.05, 3.63) is 30.3 Å². The molecule has 0 bridgehead atoms. The summed E-state index contributed by atoms with van der Waals surface area (Å²) in [5.74, 6) is 2.99. The first-order valence-electron chi connectivity index (χ1n) is 4.60. The van der Waals surface area contributed by atoms with Crippen LogP contribution in [0, 0.1) is 17.1 Å². The molecule has 74 valence electrons. The van der Waals surface area contributed by atoms with Crippen molar-refractivity contribution in [2.24, 2.45) is 5.92 Å². The lowest BCUT2D eigenvalue weighted by molar-refractivity contribution is 0.181. The van der Waals surface area contributed by atoms with Crippen molar-refractivity contribution >= 4 is 11.8 Å². The zero-order valence-electron chi connectivity index (χ0n) is 8.40. The summed E-state index contributed by atoms with van der Waals surface area (Å²) in [6.07, 6.45) is -0.522. The van der Waals surface area contributed by atoms with Gasteiger partial charge in [0.2, 0.25) is 0 Å². The van der Waals surface area contributed by atoms with Gasteiger partial charge in [0.15, 0.2) is 0 Å². The van der Waals surface area contributed by atoms with Crippen LogP contribution in [0.15, 0.2) is 35.2 Å². The molecule has 1 unspecified atom stereocenters. The van der Waals surface area contributed by atoms with E-state index in [1.165, 1.54) is 11.8 Å². The molecule has 1 N–H and O–H groups in total. The molecule has 1 aromatic carbocycles. The summed E-state index contributed by atoms with van der Waals surface area (Å²) in [7, 11) is 0. The largest absolute Gasteiger partial charge is 0.380 e. The molecule has 0 aliphatic rings. The quantitative estimate of drug-likeness (QED) is 0.593. The van der Waals surface area contributed by atoms with Gasteiger partial charge in [-0.1, -0.05) is 38.0 Å². The molecule has 1 rings (SSSR count). The van der Waals surface area contributed by atoms with Gasteiger partial charge in [-0.15, -0.1) is 0 Å². The fraction of sp³-hybridized carbons (Fsp3) is 0.333. The van der Waals surface area contributed by atoms with Crippen molar-refractivity contribution in [2.75, 3.05) is 0 Å². The lowest BCUT2D eigenvalue weighted by Crippen LogP contribution is -2.10. The van der Waals surface area contributed by atoms with E-state index in [9.17, 15) is 5.11 Å². The zero-order chi connectivity index (χ0) is 10.4. The molecular weight excluding hydrogens is 192 g/mol. The molecule has 1 atom stereocenters. The third-order valence-corrected chi connectivity index (χ3v) is 2.48. The SMILES string of the molecule is CC(C)C(O)C#CSc1ccccc1. The van der Waals surface area contributed by atoms with Gasteiger partial charge in [-0.05, 0) is 35.1 Å². The van der Waals surface area contributed by atoms with E-state index < -0.39 is 6.10 Å². The lowest BCUT2D eigenvalue weighted by atomic mass is 10.1. The Morgan fingerprint density at radius 1 is 1.21 bits per heavy atom. The Labute approximate surface area is 89.5 Å². The van der Waals surface area contributed by atoms with Crippen molar-refractivity contribution in [3.63, 3.8) is 0 Å². The monoisotopic (exact) mass is 206 g/mol. The molecule has 0 amide bonds. The van der Waals surface area contributed by atoms with Crippen molar-refractivity contribution in [3.8, 4) is 11.2 Å². The van der Waals surface area contributed by atoms with Crippen molar-refractivity contribution in [1.82, 2.24) is 0 Å². The number of aliphatic hydroxyl groups is 1. The Balaban J connectivity index is 2.48. The molecule has 14 heavy (non-hydrogen) atoms. The van der Waals surface area contributed by atoms with Gasteiger partial charge >= 0.3 is 0 Å². The van der Waals surface area contributed by atoms with Crippen LogP contribution in [0.4, 0.5) is 0 Å². The minimum absolute atomic E-state index is 0.193. The first kappa shape index (κ1) is 11.2. The second-order valence-corrected chi connectivity index (χ2v) is 4.23. The van der Waals surface area contributed by atoms with E-state index in [0.29, 0.717) is 0 Å². The number of thioether (sulfide) groups is 1. The highest BCUT2D eigenvalue weighted by molar-refractivity contribution is 8.03. The smallest absolute Gasteiger partial charge is 0.117 e. The summed E-state index contributed by atoms with van der Waals surface area (Å²) >= 11 is 1.45. The minimum Gasteiger partial charge on any atom is -0.380 e. The highest BCUT2D eigenvalue weighted by atomic mass is 32.2. The van der Waals surface area contributed by atoms with E-state index >= 15 is 0 Å². The van der Waals surface area contributed by atoms with Crippen molar-refractivity contribution < 1.29 is 5.11 Å². The van der Waals surface area contributed by atoms with Crippen LogP contribution in [0.1, 0.15) is 13.8 Å². The Hall–Kier alpha value is -0.910. The third-order valence-electron chi connectivity index (χ3n) is 1.75. The van der Waals surface area contributed by atoms with E-state index in [0.717, 1.165) is 4.90 Å². The number of hydrogen-bond donors (Lipinski definition) is 1. The van der Waals surface area contributed by atoms with Crippen LogP contribution in [0.5, 0.6) is 0 Å². The summed E-state index contributed by atoms with van der Waals surface area (Å²) < 4.78 is 0. The van der Waals surface area contributed by atoms with Gasteiger partial charge in [0.25, 0.3) is 0 Å². The maximum absolute atomic E-state index is 9.42. The first-order valence-corrected chi connectivity index (χ1v) is 5.42. The zero-order valence-corrected chi connectivity index (χ0v) is 9.21. The highest BCUT2D eigenvalue weighted by Gasteiger charge is 2.03. The summed E-state index contributed by atoms with van der Waals surface area (Å²) in [5, 5.41) is 12.3. The van der Waals surface area contributed by atoms with Crippen molar-refractivity contribution in [2.45, 2.75) is 24.8 Å². The molecule has 0 spiro atoms. The molecule has 0 heterocycles. The van der Waals surface area contributed by atoms with Crippen LogP contribution in [-0.4, -0.2) is 11.2 Å². The average Bonchev–Trinajstić information content (AvgIpc) is 2.19. The van der Waals surface area contributed by atoms with Gasteiger partial charge in [0.05, 0.1) is 0 Å². The minimum atomic E-state index is -0.522. The summed E-state index contributed by atoms with van der Waals surface area (Å²) in [4.78, 5) is 1.11. The van der Waals surface area contributed by atoms with E-state index in [-0.39, 0.29) is 5.92 Å². The maximum Gasteiger partial charge on any atom is 0.117 e. The van der Waals surface area contributed by atoms with Gasteiger partial charge in [0, 0.05) is 4.90 Å². The van der Waals surface area contributed by atoms with Gasteiger partial charge in [0.1, 0.15) is 6.10 Å².